The van der Waals surface area contributed by atoms with Crippen molar-refractivity contribution >= 4 is 11.6 Å². The van der Waals surface area contributed by atoms with Gasteiger partial charge >= 0.3 is 0 Å². The van der Waals surface area contributed by atoms with Crippen molar-refractivity contribution in [3.05, 3.63) is 87.4 Å². The molecule has 0 radical (unpaired) electrons. The van der Waals surface area contributed by atoms with Crippen LogP contribution < -0.4 is 9.47 Å². The first-order valence-corrected chi connectivity index (χ1v) is 9.60. The molecule has 3 aromatic rings. The summed E-state index contributed by atoms with van der Waals surface area (Å²) < 4.78 is 30.9. The van der Waals surface area contributed by atoms with Gasteiger partial charge in [-0.05, 0) is 54.3 Å². The molecule has 0 aliphatic heterocycles. The molecule has 152 valence electrons. The first-order chi connectivity index (χ1) is 14.0. The third kappa shape index (κ3) is 5.25. The van der Waals surface area contributed by atoms with Crippen LogP contribution >= 0.6 is 11.6 Å². The van der Waals surface area contributed by atoms with Crippen molar-refractivity contribution in [2.45, 2.75) is 26.9 Å². The van der Waals surface area contributed by atoms with Crippen molar-refractivity contribution < 1.29 is 18.6 Å². The van der Waals surface area contributed by atoms with Gasteiger partial charge in [0.25, 0.3) is 0 Å². The highest BCUT2D eigenvalue weighted by Crippen LogP contribution is 2.30. The number of hydrogen-bond acceptors (Lipinski definition) is 4. The van der Waals surface area contributed by atoms with E-state index in [1.54, 1.807) is 19.1 Å². The van der Waals surface area contributed by atoms with Crippen molar-refractivity contribution in [1.82, 2.24) is 4.98 Å². The van der Waals surface area contributed by atoms with Crippen molar-refractivity contribution in [3.63, 3.8) is 0 Å². The van der Waals surface area contributed by atoms with E-state index in [0.717, 1.165) is 22.4 Å². The van der Waals surface area contributed by atoms with Gasteiger partial charge in [-0.1, -0.05) is 41.9 Å². The van der Waals surface area contributed by atoms with Crippen LogP contribution in [0.25, 0.3) is 0 Å². The molecule has 4 nitrogen and oxygen atoms in total. The monoisotopic (exact) mass is 415 g/mol. The van der Waals surface area contributed by atoms with Crippen LogP contribution in [0.5, 0.6) is 11.5 Å². The molecular weight excluding hydrogens is 393 g/mol. The number of halogens is 2. The Morgan fingerprint density at radius 2 is 1.76 bits per heavy atom. The molecule has 0 unspecified atom stereocenters. The highest BCUT2D eigenvalue weighted by molar-refractivity contribution is 6.30. The molecule has 1 heterocycles. The van der Waals surface area contributed by atoms with Crippen molar-refractivity contribution in [2.24, 2.45) is 0 Å². The van der Waals surface area contributed by atoms with Crippen molar-refractivity contribution in [3.8, 4) is 11.5 Å². The molecular formula is C23H23ClFNO3. The highest BCUT2D eigenvalue weighted by atomic mass is 35.5. The molecule has 2 aromatic carbocycles. The summed E-state index contributed by atoms with van der Waals surface area (Å²) >= 11 is 6.18. The predicted octanol–water partition coefficient (Wildman–Crippen LogP) is 5.64. The normalized spacial score (nSPS) is 10.8. The van der Waals surface area contributed by atoms with Gasteiger partial charge in [0, 0.05) is 19.2 Å². The Hall–Kier alpha value is -2.63. The highest BCUT2D eigenvalue weighted by Gasteiger charge is 2.16. The molecule has 29 heavy (non-hydrogen) atoms. The summed E-state index contributed by atoms with van der Waals surface area (Å²) in [5.74, 6) is 0.344. The largest absolute Gasteiger partial charge is 0.486 e. The number of nitrogens with zero attached hydrogens (tertiary/aromatic N) is 1. The Labute approximate surface area is 175 Å². The van der Waals surface area contributed by atoms with E-state index in [2.05, 4.69) is 4.98 Å². The maximum atomic E-state index is 14.9. The minimum absolute atomic E-state index is 0.0919. The molecule has 0 N–H and O–H groups in total. The zero-order valence-electron chi connectivity index (χ0n) is 16.7. The summed E-state index contributed by atoms with van der Waals surface area (Å²) in [5.41, 5.74) is 4.06. The van der Waals surface area contributed by atoms with E-state index < -0.39 is 0 Å². The van der Waals surface area contributed by atoms with E-state index in [4.69, 9.17) is 25.8 Å². The van der Waals surface area contributed by atoms with Crippen LogP contribution in [0, 0.1) is 19.7 Å². The van der Waals surface area contributed by atoms with Gasteiger partial charge in [0.05, 0.1) is 0 Å². The van der Waals surface area contributed by atoms with E-state index >= 15 is 0 Å². The van der Waals surface area contributed by atoms with Gasteiger partial charge in [0.2, 0.25) is 0 Å². The van der Waals surface area contributed by atoms with Crippen LogP contribution in [-0.4, -0.2) is 18.9 Å². The van der Waals surface area contributed by atoms with E-state index in [9.17, 15) is 4.39 Å². The summed E-state index contributed by atoms with van der Waals surface area (Å²) in [6.07, 6.45) is 0.456. The zero-order valence-corrected chi connectivity index (χ0v) is 17.4. The summed E-state index contributed by atoms with van der Waals surface area (Å²) in [7, 11) is 1.53. The number of aromatic nitrogens is 1. The van der Waals surface area contributed by atoms with Crippen LogP contribution in [0.2, 0.25) is 5.15 Å². The lowest BCUT2D eigenvalue weighted by Gasteiger charge is -2.16. The smallest absolute Gasteiger partial charge is 0.188 e. The van der Waals surface area contributed by atoms with Gasteiger partial charge in [0.1, 0.15) is 6.61 Å². The molecule has 0 spiro atoms. The second-order valence-electron chi connectivity index (χ2n) is 6.70. The molecule has 1 aromatic heterocycles. The fourth-order valence-electron chi connectivity index (χ4n) is 3.04. The van der Waals surface area contributed by atoms with Crippen LogP contribution in [0.1, 0.15) is 27.9 Å². The molecule has 0 saturated carbocycles. The van der Waals surface area contributed by atoms with E-state index in [-0.39, 0.29) is 23.5 Å². The van der Waals surface area contributed by atoms with Crippen molar-refractivity contribution in [1.29, 1.82) is 0 Å². The summed E-state index contributed by atoms with van der Waals surface area (Å²) in [6.45, 7) is 4.10. The fraction of sp³-hybridized carbons (Fsp3) is 0.261. The lowest BCUT2D eigenvalue weighted by Crippen LogP contribution is -2.05. The second-order valence-corrected chi connectivity index (χ2v) is 7.06. The molecule has 6 heteroatoms. The Bertz CT molecular complexity index is 980. The number of hydrogen-bond donors (Lipinski definition) is 0. The predicted molar refractivity (Wildman–Crippen MR) is 111 cm³/mol. The number of benzene rings is 2. The maximum absolute atomic E-state index is 14.9. The molecule has 0 aliphatic rings. The van der Waals surface area contributed by atoms with Gasteiger partial charge in [-0.15, -0.1) is 0 Å². The average molecular weight is 416 g/mol. The SMILES string of the molecule is COCOc1ccc(Cc2c(C)cc(OCc3ccccc3)c(F)c2C)nc1Cl. The molecule has 0 fully saturated rings. The van der Waals surface area contributed by atoms with Gasteiger partial charge in [-0.2, -0.15) is 0 Å². The Kier molecular flexibility index (Phi) is 7.07. The van der Waals surface area contributed by atoms with Crippen LogP contribution in [0.4, 0.5) is 4.39 Å². The van der Waals surface area contributed by atoms with Gasteiger partial charge < -0.3 is 14.2 Å². The van der Waals surface area contributed by atoms with E-state index in [1.807, 2.05) is 43.3 Å². The first-order valence-electron chi connectivity index (χ1n) is 9.22. The van der Waals surface area contributed by atoms with Gasteiger partial charge in [-0.3, -0.25) is 0 Å². The van der Waals surface area contributed by atoms with E-state index in [0.29, 0.717) is 24.3 Å². The molecule has 0 aliphatic carbocycles. The molecule has 0 atom stereocenters. The Balaban J connectivity index is 1.78. The van der Waals surface area contributed by atoms with Gasteiger partial charge in [-0.25, -0.2) is 9.37 Å². The lowest BCUT2D eigenvalue weighted by molar-refractivity contribution is 0.0509. The minimum Gasteiger partial charge on any atom is -0.486 e. The Morgan fingerprint density at radius 1 is 1.00 bits per heavy atom. The standard InChI is InChI=1S/C23H23ClFNO3/c1-15-11-21(28-13-17-7-5-4-6-8-17)22(25)16(2)19(15)12-18-9-10-20(23(24)26-18)29-14-27-3/h4-11H,12-14H2,1-3H3. The Morgan fingerprint density at radius 3 is 2.45 bits per heavy atom. The lowest BCUT2D eigenvalue weighted by atomic mass is 9.97. The third-order valence-electron chi connectivity index (χ3n) is 4.62. The minimum atomic E-state index is -0.354. The molecule has 3 rings (SSSR count). The van der Waals surface area contributed by atoms with Gasteiger partial charge in [0.15, 0.2) is 29.3 Å². The summed E-state index contributed by atoms with van der Waals surface area (Å²) in [5, 5.41) is 0.248. The van der Waals surface area contributed by atoms with Crippen molar-refractivity contribution in [2.75, 3.05) is 13.9 Å². The second kappa shape index (κ2) is 9.72. The molecule has 0 bridgehead atoms. The fourth-order valence-corrected chi connectivity index (χ4v) is 3.27. The maximum Gasteiger partial charge on any atom is 0.188 e. The molecule has 0 amide bonds. The summed E-state index contributed by atoms with van der Waals surface area (Å²) in [4.78, 5) is 4.36. The number of rotatable bonds is 8. The number of methoxy groups -OCH3 is 1. The third-order valence-corrected chi connectivity index (χ3v) is 4.89. The topological polar surface area (TPSA) is 40.6 Å². The van der Waals surface area contributed by atoms with Crippen LogP contribution in [0.3, 0.4) is 0 Å². The first kappa shape index (κ1) is 21.1. The molecule has 0 saturated heterocycles. The van der Waals surface area contributed by atoms with Crippen LogP contribution in [0.15, 0.2) is 48.5 Å². The quantitative estimate of drug-likeness (QED) is 0.352. The van der Waals surface area contributed by atoms with E-state index in [1.165, 1.54) is 7.11 Å². The number of aryl methyl sites for hydroxylation is 1. The zero-order chi connectivity index (χ0) is 20.8. The number of pyridine rings is 1. The number of ether oxygens (including phenoxy) is 3. The van der Waals surface area contributed by atoms with Crippen LogP contribution in [-0.2, 0) is 17.8 Å². The summed E-state index contributed by atoms with van der Waals surface area (Å²) in [6, 6.07) is 15.0. The average Bonchev–Trinajstić information content (AvgIpc) is 2.73.